The van der Waals surface area contributed by atoms with Crippen LogP contribution >= 0.6 is 0 Å². The Morgan fingerprint density at radius 1 is 0.824 bits per heavy atom. The molecule has 0 aromatic heterocycles. The van der Waals surface area contributed by atoms with Crippen molar-refractivity contribution >= 4 is 0 Å². The van der Waals surface area contributed by atoms with Gasteiger partial charge in [-0.2, -0.15) is 0 Å². The number of unbranched alkanes of at least 4 members (excludes halogenated alkanes) is 5. The highest BCUT2D eigenvalue weighted by Gasteiger charge is 2.02. The van der Waals surface area contributed by atoms with Crippen molar-refractivity contribution in [2.24, 2.45) is 11.8 Å². The van der Waals surface area contributed by atoms with Crippen molar-refractivity contribution in [1.82, 2.24) is 5.32 Å². The van der Waals surface area contributed by atoms with E-state index in [4.69, 9.17) is 0 Å². The molecule has 1 heteroatoms. The minimum absolute atomic E-state index is 0.781. The third kappa shape index (κ3) is 13.9. The van der Waals surface area contributed by atoms with Crippen LogP contribution in [0.2, 0.25) is 0 Å². The van der Waals surface area contributed by atoms with Crippen LogP contribution in [0.1, 0.15) is 79.1 Å². The normalized spacial score (nSPS) is 13.2. The Hall–Kier alpha value is -0.0400. The summed E-state index contributed by atoms with van der Waals surface area (Å²) in [5.41, 5.74) is 0. The van der Waals surface area contributed by atoms with Crippen LogP contribution in [0.4, 0.5) is 0 Å². The van der Waals surface area contributed by atoms with Gasteiger partial charge in [0.15, 0.2) is 0 Å². The highest BCUT2D eigenvalue weighted by atomic mass is 14.8. The maximum atomic E-state index is 3.53. The second-order valence-electron chi connectivity index (χ2n) is 6.05. The van der Waals surface area contributed by atoms with Gasteiger partial charge in [0.05, 0.1) is 0 Å². The molecule has 0 heterocycles. The SMILES string of the molecule is CCCCCCCCC(C)CCNCC(C)C. The van der Waals surface area contributed by atoms with Crippen LogP contribution in [-0.2, 0) is 0 Å². The van der Waals surface area contributed by atoms with Gasteiger partial charge in [-0.05, 0) is 31.3 Å². The van der Waals surface area contributed by atoms with E-state index in [1.165, 1.54) is 64.5 Å². The number of hydrogen-bond acceptors (Lipinski definition) is 1. The highest BCUT2D eigenvalue weighted by Crippen LogP contribution is 2.14. The van der Waals surface area contributed by atoms with Crippen molar-refractivity contribution in [3.63, 3.8) is 0 Å². The fourth-order valence-electron chi connectivity index (χ4n) is 2.16. The lowest BCUT2D eigenvalue weighted by molar-refractivity contribution is 0.432. The smallest absolute Gasteiger partial charge is 0.00258 e. The predicted molar refractivity (Wildman–Crippen MR) is 79.5 cm³/mol. The Bertz CT molecular complexity index is 142. The Kier molecular flexibility index (Phi) is 12.4. The molecule has 0 aliphatic carbocycles. The van der Waals surface area contributed by atoms with E-state index in [0.29, 0.717) is 0 Å². The first-order chi connectivity index (χ1) is 8.16. The first-order valence-corrected chi connectivity index (χ1v) is 7.87. The van der Waals surface area contributed by atoms with E-state index in [9.17, 15) is 0 Å². The molecule has 0 fully saturated rings. The second kappa shape index (κ2) is 12.4. The molecule has 0 aromatic carbocycles. The summed E-state index contributed by atoms with van der Waals surface area (Å²) in [6.07, 6.45) is 11.3. The van der Waals surface area contributed by atoms with Crippen molar-refractivity contribution in [2.45, 2.75) is 79.1 Å². The van der Waals surface area contributed by atoms with Gasteiger partial charge in [0.25, 0.3) is 0 Å². The standard InChI is InChI=1S/C16H35N/c1-5-6-7-8-9-10-11-16(4)12-13-17-14-15(2)3/h15-17H,5-14H2,1-4H3. The highest BCUT2D eigenvalue weighted by molar-refractivity contribution is 4.58. The summed E-state index contributed by atoms with van der Waals surface area (Å²) < 4.78 is 0. The van der Waals surface area contributed by atoms with Crippen LogP contribution in [0.3, 0.4) is 0 Å². The summed E-state index contributed by atoms with van der Waals surface area (Å²) in [7, 11) is 0. The van der Waals surface area contributed by atoms with Gasteiger partial charge in [0, 0.05) is 0 Å². The molecule has 0 saturated carbocycles. The lowest BCUT2D eigenvalue weighted by Crippen LogP contribution is -2.22. The molecule has 1 unspecified atom stereocenters. The maximum Gasteiger partial charge on any atom is -0.00258 e. The van der Waals surface area contributed by atoms with Crippen LogP contribution in [0.15, 0.2) is 0 Å². The molecule has 0 spiro atoms. The molecule has 1 N–H and O–H groups in total. The Balaban J connectivity index is 3.14. The number of hydrogen-bond donors (Lipinski definition) is 1. The largest absolute Gasteiger partial charge is 0.316 e. The molecular weight excluding hydrogens is 206 g/mol. The first kappa shape index (κ1) is 17.0. The molecule has 17 heavy (non-hydrogen) atoms. The van der Waals surface area contributed by atoms with Crippen LogP contribution in [0, 0.1) is 11.8 Å². The van der Waals surface area contributed by atoms with E-state index in [0.717, 1.165) is 11.8 Å². The first-order valence-electron chi connectivity index (χ1n) is 7.87. The van der Waals surface area contributed by atoms with Crippen molar-refractivity contribution in [1.29, 1.82) is 0 Å². The molecule has 1 nitrogen and oxygen atoms in total. The van der Waals surface area contributed by atoms with Gasteiger partial charge in [0.1, 0.15) is 0 Å². The third-order valence-electron chi connectivity index (χ3n) is 3.42. The fourth-order valence-corrected chi connectivity index (χ4v) is 2.16. The van der Waals surface area contributed by atoms with Crippen molar-refractivity contribution in [3.8, 4) is 0 Å². The van der Waals surface area contributed by atoms with Crippen LogP contribution < -0.4 is 5.32 Å². The van der Waals surface area contributed by atoms with Gasteiger partial charge >= 0.3 is 0 Å². The van der Waals surface area contributed by atoms with E-state index in [1.807, 2.05) is 0 Å². The van der Waals surface area contributed by atoms with E-state index in [1.54, 1.807) is 0 Å². The lowest BCUT2D eigenvalue weighted by atomic mass is 9.99. The van der Waals surface area contributed by atoms with Gasteiger partial charge in [-0.15, -0.1) is 0 Å². The molecule has 0 radical (unpaired) electrons. The van der Waals surface area contributed by atoms with Gasteiger partial charge in [-0.25, -0.2) is 0 Å². The Labute approximate surface area is 110 Å². The summed E-state index contributed by atoms with van der Waals surface area (Å²) in [5, 5.41) is 3.53. The number of rotatable bonds is 12. The molecule has 1 atom stereocenters. The zero-order valence-corrected chi connectivity index (χ0v) is 12.7. The Morgan fingerprint density at radius 3 is 2.12 bits per heavy atom. The zero-order chi connectivity index (χ0) is 12.9. The van der Waals surface area contributed by atoms with E-state index < -0.39 is 0 Å². The summed E-state index contributed by atoms with van der Waals surface area (Å²) in [4.78, 5) is 0. The molecule has 0 saturated heterocycles. The molecule has 0 amide bonds. The summed E-state index contributed by atoms with van der Waals surface area (Å²) in [6, 6.07) is 0. The average molecular weight is 241 g/mol. The van der Waals surface area contributed by atoms with Gasteiger partial charge in [-0.1, -0.05) is 72.6 Å². The molecule has 0 aliphatic rings. The zero-order valence-electron chi connectivity index (χ0n) is 12.7. The van der Waals surface area contributed by atoms with Gasteiger partial charge < -0.3 is 5.32 Å². The van der Waals surface area contributed by atoms with Crippen molar-refractivity contribution in [3.05, 3.63) is 0 Å². The minimum Gasteiger partial charge on any atom is -0.316 e. The molecule has 0 rings (SSSR count). The van der Waals surface area contributed by atoms with Crippen LogP contribution in [-0.4, -0.2) is 13.1 Å². The predicted octanol–water partition coefficient (Wildman–Crippen LogP) is 5.01. The van der Waals surface area contributed by atoms with E-state index >= 15 is 0 Å². The topological polar surface area (TPSA) is 12.0 Å². The molecule has 0 aromatic rings. The Morgan fingerprint density at radius 2 is 1.47 bits per heavy atom. The second-order valence-corrected chi connectivity index (χ2v) is 6.05. The van der Waals surface area contributed by atoms with Crippen LogP contribution in [0.25, 0.3) is 0 Å². The summed E-state index contributed by atoms with van der Waals surface area (Å²) in [6.45, 7) is 11.6. The van der Waals surface area contributed by atoms with Gasteiger partial charge in [-0.3, -0.25) is 0 Å². The van der Waals surface area contributed by atoms with Crippen LogP contribution in [0.5, 0.6) is 0 Å². The molecule has 104 valence electrons. The third-order valence-corrected chi connectivity index (χ3v) is 3.42. The number of nitrogens with one attached hydrogen (secondary N) is 1. The molecular formula is C16H35N. The monoisotopic (exact) mass is 241 g/mol. The van der Waals surface area contributed by atoms with Crippen molar-refractivity contribution in [2.75, 3.05) is 13.1 Å². The minimum atomic E-state index is 0.781. The van der Waals surface area contributed by atoms with E-state index in [2.05, 4.69) is 33.0 Å². The fraction of sp³-hybridized carbons (Fsp3) is 1.00. The lowest BCUT2D eigenvalue weighted by Gasteiger charge is -2.12. The quantitative estimate of drug-likeness (QED) is 0.474. The molecule has 0 bridgehead atoms. The maximum absolute atomic E-state index is 3.53. The van der Waals surface area contributed by atoms with E-state index in [-0.39, 0.29) is 0 Å². The average Bonchev–Trinajstić information content (AvgIpc) is 2.29. The summed E-state index contributed by atoms with van der Waals surface area (Å²) >= 11 is 0. The van der Waals surface area contributed by atoms with Gasteiger partial charge in [0.2, 0.25) is 0 Å². The summed E-state index contributed by atoms with van der Waals surface area (Å²) in [5.74, 6) is 1.68. The van der Waals surface area contributed by atoms with Crippen molar-refractivity contribution < 1.29 is 0 Å². The molecule has 0 aliphatic heterocycles.